The van der Waals surface area contributed by atoms with Crippen molar-refractivity contribution in [1.29, 1.82) is 0 Å². The number of para-hydroxylation sites is 1. The second-order valence-electron chi connectivity index (χ2n) is 3.74. The number of rotatable bonds is 3. The van der Waals surface area contributed by atoms with E-state index in [-0.39, 0.29) is 5.69 Å². The van der Waals surface area contributed by atoms with Crippen molar-refractivity contribution >= 4 is 11.8 Å². The lowest BCUT2D eigenvalue weighted by molar-refractivity contribution is -0.386. The van der Waals surface area contributed by atoms with Gasteiger partial charge in [-0.2, -0.15) is 0 Å². The lowest BCUT2D eigenvalue weighted by atomic mass is 10.1. The molecule has 92 valence electrons. The Morgan fingerprint density at radius 3 is 2.53 bits per heavy atom. The first-order valence-corrected chi connectivity index (χ1v) is 5.04. The fourth-order valence-electron chi connectivity index (χ4n) is 1.32. The molecule has 1 rings (SSSR count). The number of amides is 1. The molecule has 6 heteroatoms. The predicted molar refractivity (Wildman–Crippen MR) is 61.7 cm³/mol. The van der Waals surface area contributed by atoms with Gasteiger partial charge in [-0.25, -0.2) is 4.79 Å². The molecule has 0 saturated carbocycles. The van der Waals surface area contributed by atoms with Crippen LogP contribution in [-0.4, -0.2) is 30.0 Å². The summed E-state index contributed by atoms with van der Waals surface area (Å²) in [7, 11) is 3.10. The van der Waals surface area contributed by atoms with Gasteiger partial charge >= 0.3 is 6.09 Å². The zero-order chi connectivity index (χ0) is 13.0. The average molecular weight is 238 g/mol. The van der Waals surface area contributed by atoms with Gasteiger partial charge in [-0.1, -0.05) is 12.1 Å². The van der Waals surface area contributed by atoms with Crippen molar-refractivity contribution in [2.75, 3.05) is 14.1 Å². The molecule has 17 heavy (non-hydrogen) atoms. The highest BCUT2D eigenvalue weighted by atomic mass is 16.6. The number of ether oxygens (including phenoxy) is 1. The highest BCUT2D eigenvalue weighted by Gasteiger charge is 2.21. The molecule has 0 radical (unpaired) electrons. The van der Waals surface area contributed by atoms with E-state index < -0.39 is 17.1 Å². The molecular weight excluding hydrogens is 224 g/mol. The molecule has 0 saturated heterocycles. The van der Waals surface area contributed by atoms with Gasteiger partial charge in [-0.15, -0.1) is 0 Å². The fraction of sp³-hybridized carbons (Fsp3) is 0.364. The van der Waals surface area contributed by atoms with Crippen molar-refractivity contribution in [2.24, 2.45) is 0 Å². The highest BCUT2D eigenvalue weighted by Crippen LogP contribution is 2.27. The summed E-state index contributed by atoms with van der Waals surface area (Å²) in [5.74, 6) is 0. The second kappa shape index (κ2) is 5.29. The van der Waals surface area contributed by atoms with Gasteiger partial charge in [0, 0.05) is 20.2 Å². The number of hydrogen-bond donors (Lipinski definition) is 0. The van der Waals surface area contributed by atoms with E-state index in [1.165, 1.54) is 11.0 Å². The molecule has 0 aliphatic rings. The van der Waals surface area contributed by atoms with Crippen LogP contribution < -0.4 is 0 Å². The van der Waals surface area contributed by atoms with Crippen molar-refractivity contribution < 1.29 is 14.5 Å². The molecule has 1 atom stereocenters. The molecule has 1 aromatic rings. The molecule has 0 aliphatic carbocycles. The molecule has 6 nitrogen and oxygen atoms in total. The second-order valence-corrected chi connectivity index (χ2v) is 3.74. The van der Waals surface area contributed by atoms with E-state index in [2.05, 4.69) is 0 Å². The Kier molecular flexibility index (Phi) is 4.03. The van der Waals surface area contributed by atoms with Crippen molar-refractivity contribution in [3.05, 3.63) is 39.9 Å². The smallest absolute Gasteiger partial charge is 0.409 e. The summed E-state index contributed by atoms with van der Waals surface area (Å²) >= 11 is 0. The number of nitrogens with zero attached hydrogens (tertiary/aromatic N) is 2. The van der Waals surface area contributed by atoms with Crippen molar-refractivity contribution in [3.63, 3.8) is 0 Å². The molecule has 0 spiro atoms. The van der Waals surface area contributed by atoms with Crippen molar-refractivity contribution in [1.82, 2.24) is 4.90 Å². The number of nitro benzene ring substituents is 1. The quantitative estimate of drug-likeness (QED) is 0.598. The van der Waals surface area contributed by atoms with Crippen LogP contribution in [0.1, 0.15) is 18.6 Å². The number of carbonyl (C=O) groups excluding carboxylic acids is 1. The predicted octanol–water partition coefficient (Wildman–Crippen LogP) is 2.35. The normalized spacial score (nSPS) is 11.7. The molecule has 1 amide bonds. The SMILES string of the molecule is CC(OC(=O)N(C)C)c1ccccc1[N+](=O)[O-]. The number of nitro groups is 1. The third-order valence-electron chi connectivity index (χ3n) is 2.21. The Balaban J connectivity index is 2.92. The van der Waals surface area contributed by atoms with Gasteiger partial charge in [-0.3, -0.25) is 10.1 Å². The molecular formula is C11H14N2O4. The van der Waals surface area contributed by atoms with Gasteiger partial charge in [0.1, 0.15) is 6.10 Å². The lowest BCUT2D eigenvalue weighted by Gasteiger charge is -2.17. The topological polar surface area (TPSA) is 72.7 Å². The van der Waals surface area contributed by atoms with Crippen LogP contribution in [0.2, 0.25) is 0 Å². The molecule has 0 heterocycles. The maximum absolute atomic E-state index is 11.3. The van der Waals surface area contributed by atoms with Gasteiger partial charge < -0.3 is 9.64 Å². The minimum atomic E-state index is -0.661. The van der Waals surface area contributed by atoms with Crippen LogP contribution in [0.15, 0.2) is 24.3 Å². The monoisotopic (exact) mass is 238 g/mol. The first-order valence-electron chi connectivity index (χ1n) is 5.04. The van der Waals surface area contributed by atoms with Gasteiger partial charge in [0.25, 0.3) is 5.69 Å². The molecule has 0 aromatic heterocycles. The van der Waals surface area contributed by atoms with Crippen molar-refractivity contribution in [3.8, 4) is 0 Å². The Bertz CT molecular complexity index is 431. The van der Waals surface area contributed by atoms with E-state index in [0.717, 1.165) is 0 Å². The summed E-state index contributed by atoms with van der Waals surface area (Å²) in [6, 6.07) is 6.20. The van der Waals surface area contributed by atoms with Crippen LogP contribution in [0.25, 0.3) is 0 Å². The Labute approximate surface area is 98.9 Å². The standard InChI is InChI=1S/C11H14N2O4/c1-8(17-11(14)12(2)3)9-6-4-5-7-10(9)13(15)16/h4-8H,1-3H3. The third-order valence-corrected chi connectivity index (χ3v) is 2.21. The van der Waals surface area contributed by atoms with E-state index in [4.69, 9.17) is 4.74 Å². The molecule has 0 bridgehead atoms. The van der Waals surface area contributed by atoms with Crippen LogP contribution >= 0.6 is 0 Å². The van der Waals surface area contributed by atoms with Crippen molar-refractivity contribution in [2.45, 2.75) is 13.0 Å². The fourth-order valence-corrected chi connectivity index (χ4v) is 1.32. The summed E-state index contributed by atoms with van der Waals surface area (Å²) in [4.78, 5) is 22.9. The first kappa shape index (κ1) is 13.0. The van der Waals surface area contributed by atoms with E-state index in [9.17, 15) is 14.9 Å². The molecule has 0 fully saturated rings. The minimum absolute atomic E-state index is 0.0495. The maximum Gasteiger partial charge on any atom is 0.409 e. The van der Waals surface area contributed by atoms with Crippen LogP contribution in [0.5, 0.6) is 0 Å². The zero-order valence-electron chi connectivity index (χ0n) is 9.91. The first-order chi connectivity index (χ1) is 7.93. The third kappa shape index (κ3) is 3.17. The summed E-state index contributed by atoms with van der Waals surface area (Å²) < 4.78 is 5.07. The Morgan fingerprint density at radius 1 is 1.41 bits per heavy atom. The molecule has 0 N–H and O–H groups in total. The van der Waals surface area contributed by atoms with E-state index in [1.54, 1.807) is 39.2 Å². The van der Waals surface area contributed by atoms with Gasteiger partial charge in [-0.05, 0) is 13.0 Å². The molecule has 1 unspecified atom stereocenters. The van der Waals surface area contributed by atoms with E-state index >= 15 is 0 Å². The van der Waals surface area contributed by atoms with E-state index in [1.807, 2.05) is 0 Å². The number of benzene rings is 1. The van der Waals surface area contributed by atoms with Gasteiger partial charge in [0.15, 0.2) is 0 Å². The largest absolute Gasteiger partial charge is 0.441 e. The highest BCUT2D eigenvalue weighted by molar-refractivity contribution is 5.67. The van der Waals surface area contributed by atoms with Crippen LogP contribution in [0.3, 0.4) is 0 Å². The Hall–Kier alpha value is -2.11. The van der Waals surface area contributed by atoms with Gasteiger partial charge in [0.2, 0.25) is 0 Å². The summed E-state index contributed by atoms with van der Waals surface area (Å²) in [6.45, 7) is 1.60. The van der Waals surface area contributed by atoms with E-state index in [0.29, 0.717) is 5.56 Å². The maximum atomic E-state index is 11.3. The number of hydrogen-bond acceptors (Lipinski definition) is 4. The van der Waals surface area contributed by atoms with Crippen LogP contribution in [0, 0.1) is 10.1 Å². The number of carbonyl (C=O) groups is 1. The Morgan fingerprint density at radius 2 is 2.00 bits per heavy atom. The summed E-state index contributed by atoms with van der Waals surface area (Å²) in [6.07, 6.45) is -1.19. The zero-order valence-corrected chi connectivity index (χ0v) is 9.91. The van der Waals surface area contributed by atoms with Gasteiger partial charge in [0.05, 0.1) is 10.5 Å². The lowest BCUT2D eigenvalue weighted by Crippen LogP contribution is -2.24. The molecule has 0 aliphatic heterocycles. The average Bonchev–Trinajstić information content (AvgIpc) is 2.28. The van der Waals surface area contributed by atoms with Crippen LogP contribution in [0.4, 0.5) is 10.5 Å². The summed E-state index contributed by atoms with van der Waals surface area (Å²) in [5.41, 5.74) is 0.333. The molecule has 1 aromatic carbocycles. The minimum Gasteiger partial charge on any atom is -0.441 e. The summed E-state index contributed by atoms with van der Waals surface area (Å²) in [5, 5.41) is 10.8. The van der Waals surface area contributed by atoms with Crippen LogP contribution in [-0.2, 0) is 4.74 Å².